The van der Waals surface area contributed by atoms with E-state index in [-0.39, 0.29) is 49.0 Å². The number of carbonyl (C=O) groups is 6. The van der Waals surface area contributed by atoms with Crippen LogP contribution in [0.2, 0.25) is 0 Å². The van der Waals surface area contributed by atoms with E-state index in [0.717, 1.165) is 22.5 Å². The van der Waals surface area contributed by atoms with Crippen molar-refractivity contribution < 1.29 is 52.6 Å². The minimum absolute atomic E-state index is 0.0121. The Labute approximate surface area is 410 Å². The molecule has 0 spiro atoms. The first kappa shape index (κ1) is 52.3. The van der Waals surface area contributed by atoms with Crippen LogP contribution >= 0.6 is 11.3 Å². The topological polar surface area (TPSA) is 256 Å². The van der Waals surface area contributed by atoms with Crippen LogP contribution in [0.3, 0.4) is 0 Å². The summed E-state index contributed by atoms with van der Waals surface area (Å²) in [5.41, 5.74) is -2.30. The van der Waals surface area contributed by atoms with Crippen LogP contribution in [0.15, 0.2) is 77.4 Å². The number of nitrogens with zero attached hydrogens (tertiary/aromatic N) is 6. The maximum absolute atomic E-state index is 14.2. The van der Waals surface area contributed by atoms with Gasteiger partial charge in [-0.2, -0.15) is 15.0 Å². The van der Waals surface area contributed by atoms with Crippen LogP contribution in [0.4, 0.5) is 19.5 Å². The van der Waals surface area contributed by atoms with Crippen molar-refractivity contribution in [1.29, 1.82) is 0 Å². The van der Waals surface area contributed by atoms with E-state index in [0.29, 0.717) is 12.1 Å². The average Bonchev–Trinajstić information content (AvgIpc) is 3.67. The summed E-state index contributed by atoms with van der Waals surface area (Å²) in [7, 11) is 0. The maximum Gasteiger partial charge on any atom is 0.413 e. The highest BCUT2D eigenvalue weighted by atomic mass is 32.1. The second-order valence-electron chi connectivity index (χ2n) is 19.8. The van der Waals surface area contributed by atoms with E-state index < -0.39 is 82.7 Å². The summed E-state index contributed by atoms with van der Waals surface area (Å²) in [6, 6.07) is 16.1. The minimum Gasteiger partial charge on any atom is -0.450 e. The molecule has 0 bridgehead atoms. The van der Waals surface area contributed by atoms with Gasteiger partial charge in [-0.25, -0.2) is 24.2 Å². The number of carbonyl (C=O) groups excluding carboxylic acids is 6. The van der Waals surface area contributed by atoms with E-state index in [2.05, 4.69) is 41.6 Å². The first-order chi connectivity index (χ1) is 32.9. The van der Waals surface area contributed by atoms with Crippen LogP contribution < -0.4 is 21.3 Å². The Morgan fingerprint density at radius 2 is 1.49 bits per heavy atom. The van der Waals surface area contributed by atoms with Gasteiger partial charge in [0, 0.05) is 31.3 Å². The van der Waals surface area contributed by atoms with Gasteiger partial charge in [0.05, 0.1) is 24.8 Å². The van der Waals surface area contributed by atoms with E-state index in [1.807, 2.05) is 60.7 Å². The molecule has 1 saturated heterocycles. The zero-order valence-electron chi connectivity index (χ0n) is 41.1. The average molecular weight is 987 g/mol. The Morgan fingerprint density at radius 1 is 0.886 bits per heavy atom. The lowest BCUT2D eigenvalue weighted by Gasteiger charge is -2.36. The van der Waals surface area contributed by atoms with Crippen LogP contribution in [0, 0.1) is 0 Å². The van der Waals surface area contributed by atoms with Gasteiger partial charge in [-0.3, -0.25) is 19.8 Å². The highest BCUT2D eigenvalue weighted by Gasteiger charge is 2.56. The second kappa shape index (κ2) is 21.7. The molecule has 21 nitrogen and oxygen atoms in total. The molecular formula is C48H62N10O11S. The number of hydrogen-bond donors (Lipinski definition) is 4. The zero-order chi connectivity index (χ0) is 51.0. The largest absolute Gasteiger partial charge is 0.450 e. The van der Waals surface area contributed by atoms with Crippen molar-refractivity contribution >= 4 is 58.2 Å². The highest BCUT2D eigenvalue weighted by molar-refractivity contribution is 7.14. The number of anilines is 1. The van der Waals surface area contributed by atoms with Crippen LogP contribution in [0.25, 0.3) is 0 Å². The molecule has 4 N–H and O–H groups in total. The van der Waals surface area contributed by atoms with Crippen molar-refractivity contribution in [3.05, 3.63) is 94.8 Å². The number of esters is 1. The van der Waals surface area contributed by atoms with Gasteiger partial charge in [-0.15, -0.1) is 11.3 Å². The van der Waals surface area contributed by atoms with Gasteiger partial charge in [0.15, 0.2) is 16.9 Å². The molecule has 1 aliphatic carbocycles. The molecule has 3 atom stereocenters. The lowest BCUT2D eigenvalue weighted by atomic mass is 9.98. The molecule has 6 rings (SSSR count). The van der Waals surface area contributed by atoms with Gasteiger partial charge in [0.2, 0.25) is 11.5 Å². The first-order valence-electron chi connectivity index (χ1n) is 22.9. The number of benzene rings is 2. The number of β-lactam (4-membered cyclic amide) rings is 1. The maximum atomic E-state index is 14.2. The smallest absolute Gasteiger partial charge is 0.413 e. The van der Waals surface area contributed by atoms with Crippen molar-refractivity contribution in [3.8, 4) is 0 Å². The van der Waals surface area contributed by atoms with E-state index in [4.69, 9.17) is 23.8 Å². The van der Waals surface area contributed by atoms with E-state index in [9.17, 15) is 28.8 Å². The monoisotopic (exact) mass is 986 g/mol. The number of hydrogen-bond acceptors (Lipinski definition) is 16. The fourth-order valence-corrected chi connectivity index (χ4v) is 7.51. The number of nitrogens with one attached hydrogen (secondary N) is 4. The number of rotatable bonds is 18. The van der Waals surface area contributed by atoms with Crippen molar-refractivity contribution in [2.24, 2.45) is 5.16 Å². The number of amides is 5. The summed E-state index contributed by atoms with van der Waals surface area (Å²) in [6.45, 7) is 17.9. The van der Waals surface area contributed by atoms with Gasteiger partial charge in [-0.05, 0) is 86.8 Å². The predicted molar refractivity (Wildman–Crippen MR) is 256 cm³/mol. The Hall–Kier alpha value is -7.10. The molecule has 0 unspecified atom stereocenters. The first-order valence-corrected chi connectivity index (χ1v) is 23.8. The molecule has 1 aliphatic heterocycles. The third kappa shape index (κ3) is 14.7. The minimum atomic E-state index is -1.52. The molecule has 0 radical (unpaired) electrons. The Balaban J connectivity index is 1.17. The molecule has 1 saturated carbocycles. The van der Waals surface area contributed by atoms with Crippen LogP contribution in [0.1, 0.15) is 123 Å². The van der Waals surface area contributed by atoms with Gasteiger partial charge in [0.1, 0.15) is 34.2 Å². The third-order valence-electron chi connectivity index (χ3n) is 10.4. The van der Waals surface area contributed by atoms with Crippen molar-refractivity contribution in [2.45, 2.75) is 142 Å². The summed E-state index contributed by atoms with van der Waals surface area (Å²) in [6.07, 6.45) is -0.354. The summed E-state index contributed by atoms with van der Waals surface area (Å²) in [4.78, 5) is 92.6. The van der Waals surface area contributed by atoms with Crippen molar-refractivity contribution in [1.82, 2.24) is 40.8 Å². The number of oxime groups is 1. The van der Waals surface area contributed by atoms with Crippen LogP contribution in [0.5, 0.6) is 0 Å². The number of alkyl carbamates (subject to hydrolysis) is 1. The summed E-state index contributed by atoms with van der Waals surface area (Å²) in [5, 5.41) is 25.4. The number of aromatic nitrogens is 4. The van der Waals surface area contributed by atoms with Crippen molar-refractivity contribution in [3.63, 3.8) is 0 Å². The zero-order valence-corrected chi connectivity index (χ0v) is 41.9. The normalized spacial score (nSPS) is 17.0. The fourth-order valence-electron chi connectivity index (χ4n) is 6.83. The summed E-state index contributed by atoms with van der Waals surface area (Å²) in [5.74, 6) is -2.06. The molecule has 2 aromatic heterocycles. The lowest BCUT2D eigenvalue weighted by Crippen LogP contribution is -2.70. The molecule has 70 heavy (non-hydrogen) atoms. The lowest BCUT2D eigenvalue weighted by molar-refractivity contribution is -0.164. The van der Waals surface area contributed by atoms with Gasteiger partial charge >= 0.3 is 24.2 Å². The summed E-state index contributed by atoms with van der Waals surface area (Å²) < 4.78 is 22.5. The fraction of sp³-hybridized carbons (Fsp3) is 0.500. The Bertz CT molecular complexity index is 2490. The van der Waals surface area contributed by atoms with Crippen LogP contribution in [-0.4, -0.2) is 114 Å². The quantitative estimate of drug-likeness (QED) is 0.0206. The molecule has 4 aromatic rings. The number of thiazole rings is 1. The molecule has 2 fully saturated rings. The van der Waals surface area contributed by atoms with Crippen molar-refractivity contribution in [2.75, 3.05) is 18.4 Å². The standard InChI is InChI=1S/C48H62N10O11S/c1-29(57(44(64)68-47(8,9)10)25-17-24-49-42(62)66-45(2,3)4)32-26-50-58(55-32)27-33-35(38(59)51-33)53-39(60)36(34-28-70-41(52-34)54-43(63)67-46(5,6)7)56-69-48(22-23-48)40(61)65-37(30-18-13-11-14-19-30)31-20-15-12-16-21-31/h11-16,18-21,26,28-29,33,35,37H,17,22-25,27H2,1-10H3,(H,49,62)(H,51,59)(H,53,60)(H,52,54,63)/b56-36-/t29-,33+,35-/m0/s1. The molecular weight excluding hydrogens is 925 g/mol. The second-order valence-corrected chi connectivity index (χ2v) is 20.7. The highest BCUT2D eigenvalue weighted by Crippen LogP contribution is 2.43. The molecule has 2 aliphatic rings. The van der Waals surface area contributed by atoms with Gasteiger partial charge < -0.3 is 39.7 Å². The molecule has 3 heterocycles. The van der Waals surface area contributed by atoms with Crippen LogP contribution in [-0.2, 0) is 44.7 Å². The van der Waals surface area contributed by atoms with Gasteiger partial charge in [0.25, 0.3) is 5.91 Å². The SMILES string of the molecule is C[C@@H](c1cnn(C[C@H]2NC(=O)[C@H]2NC(=O)/C(=N\OC2(C(=O)OC(c3ccccc3)c3ccccc3)CC2)c2csc(NC(=O)OC(C)(C)C)n2)n1)N(CCCNC(=O)OC(C)(C)C)C(=O)OC(C)(C)C. The van der Waals surface area contributed by atoms with E-state index in [1.54, 1.807) is 69.2 Å². The number of ether oxygens (including phenoxy) is 4. The van der Waals surface area contributed by atoms with E-state index >= 15 is 0 Å². The molecule has 376 valence electrons. The van der Waals surface area contributed by atoms with E-state index in [1.165, 1.54) is 21.3 Å². The predicted octanol–water partition coefficient (Wildman–Crippen LogP) is 6.56. The Morgan fingerprint density at radius 3 is 2.06 bits per heavy atom. The molecule has 2 aromatic carbocycles. The molecule has 22 heteroatoms. The third-order valence-corrected chi connectivity index (χ3v) is 11.1. The molecule has 5 amide bonds. The Kier molecular flexibility index (Phi) is 16.2. The summed E-state index contributed by atoms with van der Waals surface area (Å²) >= 11 is 0.984. The van der Waals surface area contributed by atoms with Gasteiger partial charge in [-0.1, -0.05) is 65.8 Å².